The normalized spacial score (nSPS) is 14.5. The van der Waals surface area contributed by atoms with Crippen molar-refractivity contribution >= 4 is 39.1 Å². The summed E-state index contributed by atoms with van der Waals surface area (Å²) in [5, 5.41) is 3.40. The third-order valence-corrected chi connectivity index (χ3v) is 9.65. The molecular weight excluding hydrogens is 593 g/mol. The molecule has 2 amide bonds. The number of halogens is 2. The standard InChI is InChI=1S/C32H37ClFN3O5S/c1-3-30(32(39)35-26-9-5-4-6-10-26)36(21-23-12-14-25(34)15-13-23)31(38)22-37(27-11-7-8-24(33)20-27)43(40,41)29-18-16-28(42-2)17-19-29/h7-8,11-20,26,30H,3-6,9-10,21-22H2,1-2H3,(H,35,39)/t30-/m0/s1. The van der Waals surface area contributed by atoms with Gasteiger partial charge in [0, 0.05) is 17.6 Å². The van der Waals surface area contributed by atoms with Gasteiger partial charge in [0.25, 0.3) is 10.0 Å². The lowest BCUT2D eigenvalue weighted by molar-refractivity contribution is -0.140. The van der Waals surface area contributed by atoms with Crippen LogP contribution in [0.5, 0.6) is 5.75 Å². The van der Waals surface area contributed by atoms with Crippen molar-refractivity contribution in [2.45, 2.75) is 69.0 Å². The Hall–Kier alpha value is -3.63. The lowest BCUT2D eigenvalue weighted by Gasteiger charge is -2.34. The van der Waals surface area contributed by atoms with E-state index in [9.17, 15) is 22.4 Å². The van der Waals surface area contributed by atoms with Gasteiger partial charge in [-0.1, -0.05) is 56.0 Å². The third-order valence-electron chi connectivity index (χ3n) is 7.63. The molecule has 1 fully saturated rings. The maximum atomic E-state index is 14.2. The summed E-state index contributed by atoms with van der Waals surface area (Å²) in [7, 11) is -2.78. The van der Waals surface area contributed by atoms with E-state index in [1.54, 1.807) is 37.3 Å². The van der Waals surface area contributed by atoms with E-state index in [1.165, 1.54) is 54.5 Å². The lowest BCUT2D eigenvalue weighted by atomic mass is 9.95. The second kappa shape index (κ2) is 14.7. The van der Waals surface area contributed by atoms with E-state index in [2.05, 4.69) is 5.32 Å². The highest BCUT2D eigenvalue weighted by Gasteiger charge is 2.34. The minimum atomic E-state index is -4.26. The number of rotatable bonds is 12. The van der Waals surface area contributed by atoms with Crippen LogP contribution in [0, 0.1) is 5.82 Å². The van der Waals surface area contributed by atoms with Crippen LogP contribution >= 0.6 is 11.6 Å². The molecule has 43 heavy (non-hydrogen) atoms. The molecule has 1 N–H and O–H groups in total. The third kappa shape index (κ3) is 8.26. The van der Waals surface area contributed by atoms with Gasteiger partial charge in [-0.05, 0) is 79.4 Å². The topological polar surface area (TPSA) is 96.0 Å². The fourth-order valence-corrected chi connectivity index (χ4v) is 6.88. The minimum Gasteiger partial charge on any atom is -0.497 e. The first-order valence-electron chi connectivity index (χ1n) is 14.4. The van der Waals surface area contributed by atoms with E-state index in [0.717, 1.165) is 36.4 Å². The molecule has 8 nitrogen and oxygen atoms in total. The predicted molar refractivity (Wildman–Crippen MR) is 165 cm³/mol. The number of amides is 2. The van der Waals surface area contributed by atoms with Crippen molar-refractivity contribution in [3.8, 4) is 5.75 Å². The van der Waals surface area contributed by atoms with Crippen LogP contribution in [0.4, 0.5) is 10.1 Å². The monoisotopic (exact) mass is 629 g/mol. The number of methoxy groups -OCH3 is 1. The van der Waals surface area contributed by atoms with Gasteiger partial charge in [-0.25, -0.2) is 12.8 Å². The molecule has 0 heterocycles. The first-order chi connectivity index (χ1) is 20.6. The molecule has 230 valence electrons. The van der Waals surface area contributed by atoms with Crippen molar-refractivity contribution in [3.05, 3.63) is 89.2 Å². The lowest BCUT2D eigenvalue weighted by Crippen LogP contribution is -2.54. The van der Waals surface area contributed by atoms with Crippen LogP contribution in [-0.2, 0) is 26.2 Å². The van der Waals surface area contributed by atoms with Crippen LogP contribution in [0.25, 0.3) is 0 Å². The molecule has 0 bridgehead atoms. The quantitative estimate of drug-likeness (QED) is 0.268. The second-order valence-electron chi connectivity index (χ2n) is 10.6. The fourth-order valence-electron chi connectivity index (χ4n) is 5.29. The summed E-state index contributed by atoms with van der Waals surface area (Å²) in [6.45, 7) is 1.20. The van der Waals surface area contributed by atoms with Crippen molar-refractivity contribution in [2.24, 2.45) is 0 Å². The SMILES string of the molecule is CC[C@@H](C(=O)NC1CCCCC1)N(Cc1ccc(F)cc1)C(=O)CN(c1cccc(Cl)c1)S(=O)(=O)c1ccc(OC)cc1. The Bertz CT molecular complexity index is 1500. The summed E-state index contributed by atoms with van der Waals surface area (Å²) < 4.78 is 47.8. The molecule has 0 aliphatic heterocycles. The number of carbonyl (C=O) groups is 2. The Kier molecular flexibility index (Phi) is 11.0. The van der Waals surface area contributed by atoms with Gasteiger partial charge in [0.2, 0.25) is 11.8 Å². The van der Waals surface area contributed by atoms with Crippen molar-refractivity contribution in [3.63, 3.8) is 0 Å². The maximum Gasteiger partial charge on any atom is 0.264 e. The number of carbonyl (C=O) groups excluding carboxylic acids is 2. The summed E-state index contributed by atoms with van der Waals surface area (Å²) in [6, 6.07) is 16.9. The smallest absolute Gasteiger partial charge is 0.264 e. The molecule has 1 saturated carbocycles. The molecule has 1 aliphatic rings. The number of benzene rings is 3. The summed E-state index contributed by atoms with van der Waals surface area (Å²) >= 11 is 6.23. The van der Waals surface area contributed by atoms with Crippen molar-refractivity contribution < 1.29 is 27.1 Å². The summed E-state index contributed by atoms with van der Waals surface area (Å²) in [4.78, 5) is 29.1. The average molecular weight is 630 g/mol. The maximum absolute atomic E-state index is 14.2. The zero-order chi connectivity index (χ0) is 31.0. The number of hydrogen-bond donors (Lipinski definition) is 1. The Morgan fingerprint density at radius 2 is 1.70 bits per heavy atom. The first-order valence-corrected chi connectivity index (χ1v) is 16.2. The number of sulfonamides is 1. The van der Waals surface area contributed by atoms with Crippen molar-refractivity contribution in [1.82, 2.24) is 10.2 Å². The molecular formula is C32H37ClFN3O5S. The van der Waals surface area contributed by atoms with Gasteiger partial charge in [0.1, 0.15) is 24.2 Å². The van der Waals surface area contributed by atoms with Crippen LogP contribution in [0.2, 0.25) is 5.02 Å². The fraction of sp³-hybridized carbons (Fsp3) is 0.375. The van der Waals surface area contributed by atoms with E-state index in [0.29, 0.717) is 22.8 Å². The van der Waals surface area contributed by atoms with E-state index >= 15 is 0 Å². The van der Waals surface area contributed by atoms with Crippen LogP contribution in [-0.4, -0.2) is 50.9 Å². The summed E-state index contributed by atoms with van der Waals surface area (Å²) in [5.41, 5.74) is 0.795. The summed E-state index contributed by atoms with van der Waals surface area (Å²) in [6.07, 6.45) is 5.22. The molecule has 0 radical (unpaired) electrons. The number of anilines is 1. The molecule has 1 aliphatic carbocycles. The number of nitrogens with one attached hydrogen (secondary N) is 1. The molecule has 4 rings (SSSR count). The van der Waals surface area contributed by atoms with Gasteiger partial charge < -0.3 is 15.0 Å². The van der Waals surface area contributed by atoms with Crippen LogP contribution in [0.3, 0.4) is 0 Å². The van der Waals surface area contributed by atoms with Crippen molar-refractivity contribution in [2.75, 3.05) is 18.0 Å². The predicted octanol–water partition coefficient (Wildman–Crippen LogP) is 5.94. The molecule has 1 atom stereocenters. The van der Waals surface area contributed by atoms with Gasteiger partial charge >= 0.3 is 0 Å². The van der Waals surface area contributed by atoms with Gasteiger partial charge in [-0.3, -0.25) is 13.9 Å². The number of hydrogen-bond acceptors (Lipinski definition) is 5. The zero-order valence-electron chi connectivity index (χ0n) is 24.3. The highest BCUT2D eigenvalue weighted by Crippen LogP contribution is 2.28. The van der Waals surface area contributed by atoms with Crippen LogP contribution in [0.1, 0.15) is 51.0 Å². The molecule has 11 heteroatoms. The van der Waals surface area contributed by atoms with Gasteiger partial charge in [-0.2, -0.15) is 0 Å². The molecule has 0 aromatic heterocycles. The van der Waals surface area contributed by atoms with Gasteiger partial charge in [0.05, 0.1) is 17.7 Å². The average Bonchev–Trinajstić information content (AvgIpc) is 3.01. The molecule has 3 aromatic rings. The Labute approximate surface area is 257 Å². The second-order valence-corrected chi connectivity index (χ2v) is 12.9. The van der Waals surface area contributed by atoms with Crippen LogP contribution < -0.4 is 14.4 Å². The molecule has 0 saturated heterocycles. The van der Waals surface area contributed by atoms with Crippen LogP contribution in [0.15, 0.2) is 77.7 Å². The Morgan fingerprint density at radius 1 is 1.02 bits per heavy atom. The summed E-state index contributed by atoms with van der Waals surface area (Å²) in [5.74, 6) is -0.838. The highest BCUT2D eigenvalue weighted by molar-refractivity contribution is 7.92. The van der Waals surface area contributed by atoms with E-state index in [-0.39, 0.29) is 29.1 Å². The van der Waals surface area contributed by atoms with E-state index in [1.807, 2.05) is 0 Å². The van der Waals surface area contributed by atoms with E-state index < -0.39 is 34.3 Å². The first kappa shape index (κ1) is 32.3. The Morgan fingerprint density at radius 3 is 2.30 bits per heavy atom. The van der Waals surface area contributed by atoms with Gasteiger partial charge in [-0.15, -0.1) is 0 Å². The highest BCUT2D eigenvalue weighted by atomic mass is 35.5. The minimum absolute atomic E-state index is 0.0122. The number of ether oxygens (including phenoxy) is 1. The van der Waals surface area contributed by atoms with E-state index in [4.69, 9.17) is 16.3 Å². The van der Waals surface area contributed by atoms with Gasteiger partial charge in [0.15, 0.2) is 0 Å². The number of nitrogens with zero attached hydrogens (tertiary/aromatic N) is 2. The molecule has 0 spiro atoms. The molecule has 0 unspecified atom stereocenters. The zero-order valence-corrected chi connectivity index (χ0v) is 25.9. The Balaban J connectivity index is 1.70. The van der Waals surface area contributed by atoms with Crippen molar-refractivity contribution in [1.29, 1.82) is 0 Å². The largest absolute Gasteiger partial charge is 0.497 e. The molecule has 3 aromatic carbocycles.